The molecular formula is C20H26N6O3. The smallest absolute Gasteiger partial charge is 0.410 e. The third-order valence-corrected chi connectivity index (χ3v) is 4.16. The van der Waals surface area contributed by atoms with Crippen molar-refractivity contribution in [1.29, 1.82) is 0 Å². The van der Waals surface area contributed by atoms with Gasteiger partial charge in [-0.05, 0) is 26.8 Å². The van der Waals surface area contributed by atoms with Crippen molar-refractivity contribution in [2.45, 2.75) is 26.4 Å². The zero-order valence-corrected chi connectivity index (χ0v) is 17.4. The summed E-state index contributed by atoms with van der Waals surface area (Å²) in [5.41, 5.74) is 2.51. The molecule has 0 fully saturated rings. The molecule has 1 amide bonds. The van der Waals surface area contributed by atoms with Gasteiger partial charge in [0.05, 0.1) is 42.1 Å². The average molecular weight is 398 g/mol. The number of amides is 1. The largest absolute Gasteiger partial charge is 0.475 e. The highest BCUT2D eigenvalue weighted by Crippen LogP contribution is 2.28. The number of carbonyl (C=O) groups is 1. The molecule has 0 aliphatic heterocycles. The molecule has 3 aromatic rings. The molecule has 0 bridgehead atoms. The molecule has 0 radical (unpaired) electrons. The fourth-order valence-corrected chi connectivity index (χ4v) is 2.68. The van der Waals surface area contributed by atoms with Crippen LogP contribution in [0.3, 0.4) is 0 Å². The van der Waals surface area contributed by atoms with Gasteiger partial charge in [0.2, 0.25) is 5.88 Å². The third kappa shape index (κ3) is 4.56. The Balaban J connectivity index is 1.73. The van der Waals surface area contributed by atoms with Gasteiger partial charge in [-0.15, -0.1) is 0 Å². The first-order valence-electron chi connectivity index (χ1n) is 9.24. The highest BCUT2D eigenvalue weighted by Gasteiger charge is 2.20. The second-order valence-corrected chi connectivity index (χ2v) is 7.63. The van der Waals surface area contributed by atoms with E-state index in [2.05, 4.69) is 21.6 Å². The van der Waals surface area contributed by atoms with Crippen LogP contribution in [0.5, 0.6) is 5.88 Å². The molecule has 0 unspecified atom stereocenters. The van der Waals surface area contributed by atoms with Crippen LogP contribution in [-0.4, -0.2) is 60.9 Å². The van der Waals surface area contributed by atoms with Crippen molar-refractivity contribution in [2.75, 3.05) is 20.2 Å². The number of aryl methyl sites for hydroxylation is 1. The molecule has 0 saturated heterocycles. The van der Waals surface area contributed by atoms with E-state index in [9.17, 15) is 4.79 Å². The van der Waals surface area contributed by atoms with E-state index < -0.39 is 11.7 Å². The monoisotopic (exact) mass is 398 g/mol. The zero-order valence-electron chi connectivity index (χ0n) is 17.4. The van der Waals surface area contributed by atoms with Crippen LogP contribution in [0.1, 0.15) is 26.5 Å². The maximum atomic E-state index is 12.1. The molecule has 0 aromatic carbocycles. The molecule has 0 aliphatic carbocycles. The van der Waals surface area contributed by atoms with Crippen LogP contribution in [0.15, 0.2) is 31.4 Å². The summed E-state index contributed by atoms with van der Waals surface area (Å²) < 4.78 is 14.8. The second-order valence-electron chi connectivity index (χ2n) is 7.63. The summed E-state index contributed by atoms with van der Waals surface area (Å²) in [4.78, 5) is 22.3. The van der Waals surface area contributed by atoms with E-state index in [-0.39, 0.29) is 6.61 Å². The molecular weight excluding hydrogens is 372 g/mol. The van der Waals surface area contributed by atoms with E-state index in [1.165, 1.54) is 4.90 Å². The maximum absolute atomic E-state index is 12.1. The van der Waals surface area contributed by atoms with E-state index in [0.717, 1.165) is 16.9 Å². The maximum Gasteiger partial charge on any atom is 0.410 e. The molecule has 3 heterocycles. The van der Waals surface area contributed by atoms with Crippen LogP contribution < -0.4 is 4.74 Å². The quantitative estimate of drug-likeness (QED) is 0.634. The first-order chi connectivity index (χ1) is 13.7. The molecule has 3 rings (SSSR count). The van der Waals surface area contributed by atoms with Gasteiger partial charge in [-0.1, -0.05) is 6.58 Å². The predicted molar refractivity (Wildman–Crippen MR) is 110 cm³/mol. The van der Waals surface area contributed by atoms with Gasteiger partial charge in [0.15, 0.2) is 5.65 Å². The van der Waals surface area contributed by atoms with Crippen LogP contribution in [0.4, 0.5) is 4.79 Å². The predicted octanol–water partition coefficient (Wildman–Crippen LogP) is 3.02. The van der Waals surface area contributed by atoms with E-state index in [0.29, 0.717) is 18.1 Å². The molecule has 0 saturated carbocycles. The van der Waals surface area contributed by atoms with Gasteiger partial charge in [0.1, 0.15) is 12.2 Å². The number of nitrogens with zero attached hydrogens (tertiary/aromatic N) is 6. The van der Waals surface area contributed by atoms with Crippen molar-refractivity contribution in [3.05, 3.63) is 37.1 Å². The standard InChI is InChI=1S/C20H26N6O3/c1-7-14-10-22-17-12-21-16(13-26(14)17)15-11-23-25(6)18(15)28-9-8-24(5)19(27)29-20(2,3)4/h7,10-13H,1,8-9H2,2-6H3. The van der Waals surface area contributed by atoms with Crippen molar-refractivity contribution in [1.82, 2.24) is 29.0 Å². The molecule has 0 spiro atoms. The summed E-state index contributed by atoms with van der Waals surface area (Å²) in [6.45, 7) is 9.96. The molecule has 3 aromatic heterocycles. The number of carbonyl (C=O) groups excluding carboxylic acids is 1. The van der Waals surface area contributed by atoms with Gasteiger partial charge in [0.25, 0.3) is 0 Å². The summed E-state index contributed by atoms with van der Waals surface area (Å²) >= 11 is 0. The van der Waals surface area contributed by atoms with Gasteiger partial charge < -0.3 is 14.4 Å². The number of fused-ring (bicyclic) bond motifs is 1. The van der Waals surface area contributed by atoms with Crippen molar-refractivity contribution < 1.29 is 14.3 Å². The molecule has 0 atom stereocenters. The van der Waals surface area contributed by atoms with Crippen molar-refractivity contribution in [2.24, 2.45) is 7.05 Å². The Morgan fingerprint density at radius 1 is 1.28 bits per heavy atom. The average Bonchev–Trinajstić information content (AvgIpc) is 3.23. The summed E-state index contributed by atoms with van der Waals surface area (Å²) in [6.07, 6.45) is 8.34. The number of likely N-dealkylation sites (N-methyl/N-ethyl adjacent to an activating group) is 1. The van der Waals surface area contributed by atoms with Gasteiger partial charge in [-0.2, -0.15) is 5.10 Å². The Labute approximate surface area is 169 Å². The minimum absolute atomic E-state index is 0.285. The highest BCUT2D eigenvalue weighted by atomic mass is 16.6. The molecule has 9 heteroatoms. The third-order valence-electron chi connectivity index (χ3n) is 4.16. The summed E-state index contributed by atoms with van der Waals surface area (Å²) in [6, 6.07) is 0. The van der Waals surface area contributed by atoms with E-state index in [1.54, 1.807) is 43.4 Å². The van der Waals surface area contributed by atoms with Crippen LogP contribution in [0, 0.1) is 0 Å². The summed E-state index contributed by atoms with van der Waals surface area (Å²) in [5.74, 6) is 0.565. The summed E-state index contributed by atoms with van der Waals surface area (Å²) in [5, 5.41) is 4.29. The van der Waals surface area contributed by atoms with E-state index in [4.69, 9.17) is 9.47 Å². The van der Waals surface area contributed by atoms with Crippen molar-refractivity contribution >= 4 is 17.8 Å². The first kappa shape index (κ1) is 20.4. The topological polar surface area (TPSA) is 86.8 Å². The number of rotatable bonds is 6. The molecule has 0 N–H and O–H groups in total. The van der Waals surface area contributed by atoms with Crippen LogP contribution in [0.2, 0.25) is 0 Å². The van der Waals surface area contributed by atoms with Gasteiger partial charge in [-0.25, -0.2) is 14.5 Å². The Bertz CT molecular complexity index is 1030. The summed E-state index contributed by atoms with van der Waals surface area (Å²) in [7, 11) is 3.47. The SMILES string of the molecule is C=Cc1cnc2cnc(-c3cnn(C)c3OCCN(C)C(=O)OC(C)(C)C)cn12. The van der Waals surface area contributed by atoms with Crippen molar-refractivity contribution in [3.63, 3.8) is 0 Å². The lowest BCUT2D eigenvalue weighted by Crippen LogP contribution is -2.36. The number of hydrogen-bond donors (Lipinski definition) is 0. The lowest BCUT2D eigenvalue weighted by atomic mass is 10.2. The number of aromatic nitrogens is 5. The lowest BCUT2D eigenvalue weighted by Gasteiger charge is -2.24. The first-order valence-corrected chi connectivity index (χ1v) is 9.24. The highest BCUT2D eigenvalue weighted by molar-refractivity contribution is 5.68. The van der Waals surface area contributed by atoms with Crippen LogP contribution in [-0.2, 0) is 11.8 Å². The lowest BCUT2D eigenvalue weighted by molar-refractivity contribution is 0.0276. The van der Waals surface area contributed by atoms with Crippen LogP contribution in [0.25, 0.3) is 23.0 Å². The fourth-order valence-electron chi connectivity index (χ4n) is 2.68. The Kier molecular flexibility index (Phi) is 5.58. The molecule has 9 nitrogen and oxygen atoms in total. The second kappa shape index (κ2) is 7.94. The minimum Gasteiger partial charge on any atom is -0.475 e. The van der Waals surface area contributed by atoms with Gasteiger partial charge in [0, 0.05) is 20.3 Å². The van der Waals surface area contributed by atoms with E-state index in [1.807, 2.05) is 31.4 Å². The normalized spacial score (nSPS) is 11.5. The molecule has 0 aliphatic rings. The zero-order chi connectivity index (χ0) is 21.2. The van der Waals surface area contributed by atoms with Gasteiger partial charge >= 0.3 is 6.09 Å². The molecule has 29 heavy (non-hydrogen) atoms. The number of hydrogen-bond acceptors (Lipinski definition) is 6. The number of ether oxygens (including phenoxy) is 2. The van der Waals surface area contributed by atoms with Crippen molar-refractivity contribution in [3.8, 4) is 17.1 Å². The Morgan fingerprint density at radius 2 is 2.03 bits per heavy atom. The van der Waals surface area contributed by atoms with Crippen LogP contribution >= 0.6 is 0 Å². The fraction of sp³-hybridized carbons (Fsp3) is 0.400. The Hall–Kier alpha value is -3.36. The van der Waals surface area contributed by atoms with E-state index >= 15 is 0 Å². The minimum atomic E-state index is -0.538. The Morgan fingerprint density at radius 3 is 2.72 bits per heavy atom. The van der Waals surface area contributed by atoms with Gasteiger partial charge in [-0.3, -0.25) is 9.38 Å². The molecule has 154 valence electrons. The number of imidazole rings is 1.